The highest BCUT2D eigenvalue weighted by Crippen LogP contribution is 2.12. The Morgan fingerprint density at radius 1 is 0.824 bits per heavy atom. The van der Waals surface area contributed by atoms with E-state index in [-0.39, 0.29) is 0 Å². The maximum atomic E-state index is 3.49. The van der Waals surface area contributed by atoms with Gasteiger partial charge in [0.1, 0.15) is 0 Å². The second-order valence-corrected chi connectivity index (χ2v) is 4.45. The Bertz CT molecular complexity index is 474. The van der Waals surface area contributed by atoms with Crippen LogP contribution in [0.1, 0.15) is 22.3 Å². The first-order valence-corrected chi connectivity index (χ1v) is 6.07. The average molecular weight is 225 g/mol. The van der Waals surface area contributed by atoms with Gasteiger partial charge in [-0.25, -0.2) is 0 Å². The molecule has 2 aromatic rings. The molecule has 0 spiro atoms. The molecule has 2 rings (SSSR count). The molecule has 1 N–H and O–H groups in total. The smallest absolute Gasteiger partial charge is 0.0211 e. The van der Waals surface area contributed by atoms with Crippen molar-refractivity contribution in [1.82, 2.24) is 5.32 Å². The van der Waals surface area contributed by atoms with E-state index in [4.69, 9.17) is 0 Å². The van der Waals surface area contributed by atoms with Crippen LogP contribution in [-0.2, 0) is 13.1 Å². The Morgan fingerprint density at radius 3 is 2.35 bits per heavy atom. The van der Waals surface area contributed by atoms with Crippen LogP contribution < -0.4 is 5.32 Å². The second-order valence-electron chi connectivity index (χ2n) is 4.45. The summed E-state index contributed by atoms with van der Waals surface area (Å²) in [4.78, 5) is 0. The van der Waals surface area contributed by atoms with Gasteiger partial charge in [-0.3, -0.25) is 0 Å². The molecule has 0 unspecified atom stereocenters. The number of nitrogens with one attached hydrogen (secondary N) is 1. The molecule has 0 atom stereocenters. The molecule has 0 radical (unpaired) electrons. The summed E-state index contributed by atoms with van der Waals surface area (Å²) in [6, 6.07) is 17.0. The highest BCUT2D eigenvalue weighted by Gasteiger charge is 1.99. The first kappa shape index (κ1) is 11.9. The van der Waals surface area contributed by atoms with Gasteiger partial charge >= 0.3 is 0 Å². The van der Waals surface area contributed by atoms with Crippen molar-refractivity contribution in [3.05, 3.63) is 70.8 Å². The van der Waals surface area contributed by atoms with Crippen molar-refractivity contribution in [3.63, 3.8) is 0 Å². The summed E-state index contributed by atoms with van der Waals surface area (Å²) >= 11 is 0. The van der Waals surface area contributed by atoms with Crippen molar-refractivity contribution >= 4 is 0 Å². The molecular weight excluding hydrogens is 206 g/mol. The summed E-state index contributed by atoms with van der Waals surface area (Å²) in [5.41, 5.74) is 5.48. The van der Waals surface area contributed by atoms with Crippen LogP contribution in [0.3, 0.4) is 0 Å². The molecule has 0 heterocycles. The molecule has 0 aliphatic carbocycles. The third kappa shape index (κ3) is 3.18. The third-order valence-electron chi connectivity index (χ3n) is 3.20. The van der Waals surface area contributed by atoms with Gasteiger partial charge in [0.25, 0.3) is 0 Å². The van der Waals surface area contributed by atoms with E-state index in [9.17, 15) is 0 Å². The van der Waals surface area contributed by atoms with Crippen LogP contribution in [0.2, 0.25) is 0 Å². The van der Waals surface area contributed by atoms with Gasteiger partial charge in [-0.05, 0) is 36.1 Å². The van der Waals surface area contributed by atoms with Crippen molar-refractivity contribution in [2.24, 2.45) is 0 Å². The van der Waals surface area contributed by atoms with Crippen molar-refractivity contribution in [2.75, 3.05) is 0 Å². The van der Waals surface area contributed by atoms with E-state index >= 15 is 0 Å². The second kappa shape index (κ2) is 5.65. The Balaban J connectivity index is 1.93. The van der Waals surface area contributed by atoms with E-state index in [1.54, 1.807) is 0 Å². The van der Waals surface area contributed by atoms with Gasteiger partial charge in [0.15, 0.2) is 0 Å². The lowest BCUT2D eigenvalue weighted by Crippen LogP contribution is -2.13. The molecule has 0 saturated heterocycles. The van der Waals surface area contributed by atoms with E-state index < -0.39 is 0 Å². The molecule has 1 nitrogen and oxygen atoms in total. The van der Waals surface area contributed by atoms with E-state index in [0.717, 1.165) is 13.1 Å². The first-order chi connectivity index (χ1) is 8.27. The van der Waals surface area contributed by atoms with Gasteiger partial charge in [0.2, 0.25) is 0 Å². The summed E-state index contributed by atoms with van der Waals surface area (Å²) in [5.74, 6) is 0. The topological polar surface area (TPSA) is 12.0 Å². The lowest BCUT2D eigenvalue weighted by molar-refractivity contribution is 0.690. The van der Waals surface area contributed by atoms with Crippen molar-refractivity contribution in [2.45, 2.75) is 26.9 Å². The van der Waals surface area contributed by atoms with Gasteiger partial charge in [-0.1, -0.05) is 48.5 Å². The predicted molar refractivity (Wildman–Crippen MR) is 72.9 cm³/mol. The maximum Gasteiger partial charge on any atom is 0.0211 e. The zero-order chi connectivity index (χ0) is 12.1. The fourth-order valence-electron chi connectivity index (χ4n) is 1.94. The first-order valence-electron chi connectivity index (χ1n) is 6.07. The summed E-state index contributed by atoms with van der Waals surface area (Å²) in [6.07, 6.45) is 0. The molecule has 88 valence electrons. The average Bonchev–Trinajstić information content (AvgIpc) is 2.36. The van der Waals surface area contributed by atoms with Gasteiger partial charge < -0.3 is 5.32 Å². The summed E-state index contributed by atoms with van der Waals surface area (Å²) in [5, 5.41) is 3.49. The standard InChI is InChI=1S/C16H19N/c1-13-7-6-10-16(14(13)2)12-17-11-15-8-4-3-5-9-15/h3-10,17H,11-12H2,1-2H3. The van der Waals surface area contributed by atoms with Crippen molar-refractivity contribution < 1.29 is 0 Å². The van der Waals surface area contributed by atoms with Crippen molar-refractivity contribution in [3.8, 4) is 0 Å². The molecule has 0 bridgehead atoms. The van der Waals surface area contributed by atoms with E-state index in [1.807, 2.05) is 6.07 Å². The Labute approximate surface area is 103 Å². The predicted octanol–water partition coefficient (Wildman–Crippen LogP) is 3.59. The quantitative estimate of drug-likeness (QED) is 0.838. The molecule has 0 amide bonds. The number of aryl methyl sites for hydroxylation is 1. The zero-order valence-electron chi connectivity index (χ0n) is 10.5. The van der Waals surface area contributed by atoms with Gasteiger partial charge in [-0.15, -0.1) is 0 Å². The molecule has 0 aliphatic heterocycles. The Morgan fingerprint density at radius 2 is 1.59 bits per heavy atom. The monoisotopic (exact) mass is 225 g/mol. The van der Waals surface area contributed by atoms with Crippen LogP contribution in [0.5, 0.6) is 0 Å². The van der Waals surface area contributed by atoms with Crippen LogP contribution in [0, 0.1) is 13.8 Å². The van der Waals surface area contributed by atoms with Gasteiger partial charge in [0, 0.05) is 13.1 Å². The highest BCUT2D eigenvalue weighted by atomic mass is 14.8. The number of rotatable bonds is 4. The highest BCUT2D eigenvalue weighted by molar-refractivity contribution is 5.33. The molecular formula is C16H19N. The zero-order valence-corrected chi connectivity index (χ0v) is 10.5. The van der Waals surface area contributed by atoms with Gasteiger partial charge in [-0.2, -0.15) is 0 Å². The minimum Gasteiger partial charge on any atom is -0.309 e. The van der Waals surface area contributed by atoms with E-state index in [0.29, 0.717) is 0 Å². The minimum atomic E-state index is 0.925. The van der Waals surface area contributed by atoms with E-state index in [1.165, 1.54) is 22.3 Å². The molecule has 17 heavy (non-hydrogen) atoms. The fraction of sp³-hybridized carbons (Fsp3) is 0.250. The van der Waals surface area contributed by atoms with Crippen molar-refractivity contribution in [1.29, 1.82) is 0 Å². The molecule has 0 fully saturated rings. The number of benzene rings is 2. The summed E-state index contributed by atoms with van der Waals surface area (Å²) < 4.78 is 0. The largest absolute Gasteiger partial charge is 0.309 e. The van der Waals surface area contributed by atoms with E-state index in [2.05, 4.69) is 61.6 Å². The SMILES string of the molecule is Cc1cccc(CNCc2ccccc2)c1C. The van der Waals surface area contributed by atoms with Crippen LogP contribution in [0.15, 0.2) is 48.5 Å². The summed E-state index contributed by atoms with van der Waals surface area (Å²) in [7, 11) is 0. The third-order valence-corrected chi connectivity index (χ3v) is 3.20. The number of hydrogen-bond donors (Lipinski definition) is 1. The fourth-order valence-corrected chi connectivity index (χ4v) is 1.94. The summed E-state index contributed by atoms with van der Waals surface area (Å²) in [6.45, 7) is 6.21. The Kier molecular flexibility index (Phi) is 3.94. The lowest BCUT2D eigenvalue weighted by Gasteiger charge is -2.09. The Hall–Kier alpha value is -1.60. The molecule has 2 aromatic carbocycles. The lowest BCUT2D eigenvalue weighted by atomic mass is 10.0. The molecule has 0 saturated carbocycles. The van der Waals surface area contributed by atoms with Crippen LogP contribution in [0.4, 0.5) is 0 Å². The molecule has 1 heteroatoms. The maximum absolute atomic E-state index is 3.49. The van der Waals surface area contributed by atoms with Crippen LogP contribution >= 0.6 is 0 Å². The number of hydrogen-bond acceptors (Lipinski definition) is 1. The molecule has 0 aromatic heterocycles. The normalized spacial score (nSPS) is 10.5. The molecule has 0 aliphatic rings. The van der Waals surface area contributed by atoms with Gasteiger partial charge in [0.05, 0.1) is 0 Å². The van der Waals surface area contributed by atoms with Crippen LogP contribution in [0.25, 0.3) is 0 Å². The van der Waals surface area contributed by atoms with Crippen LogP contribution in [-0.4, -0.2) is 0 Å². The minimum absolute atomic E-state index is 0.925.